The summed E-state index contributed by atoms with van der Waals surface area (Å²) >= 11 is 0. The Balaban J connectivity index is 2.21. The lowest BCUT2D eigenvalue weighted by atomic mass is 10.1. The highest BCUT2D eigenvalue weighted by Gasteiger charge is 2.15. The molecule has 0 aliphatic carbocycles. The molecule has 0 radical (unpaired) electrons. The number of aryl methyl sites for hydroxylation is 2. The van der Waals surface area contributed by atoms with Crippen molar-refractivity contribution in [1.82, 2.24) is 14.8 Å². The highest BCUT2D eigenvalue weighted by molar-refractivity contribution is 5.95. The van der Waals surface area contributed by atoms with Crippen molar-refractivity contribution in [1.29, 1.82) is 0 Å². The SMILES string of the molecule is CCc1cc(CC(=O)c2ncccc2F)n(C)n1. The number of nitrogens with zero attached hydrogens (tertiary/aromatic N) is 3. The first-order valence-electron chi connectivity index (χ1n) is 5.77. The minimum absolute atomic E-state index is 0.109. The Labute approximate surface area is 104 Å². The second kappa shape index (κ2) is 5.08. The topological polar surface area (TPSA) is 47.8 Å². The number of halogens is 1. The van der Waals surface area contributed by atoms with Crippen LogP contribution < -0.4 is 0 Å². The van der Waals surface area contributed by atoms with Crippen molar-refractivity contribution in [3.63, 3.8) is 0 Å². The quantitative estimate of drug-likeness (QED) is 0.776. The largest absolute Gasteiger partial charge is 0.292 e. The fourth-order valence-corrected chi connectivity index (χ4v) is 1.75. The van der Waals surface area contributed by atoms with Crippen molar-refractivity contribution in [3.05, 3.63) is 47.3 Å². The summed E-state index contributed by atoms with van der Waals surface area (Å²) in [5.74, 6) is -0.917. The predicted octanol–water partition coefficient (Wildman–Crippen LogP) is 1.94. The van der Waals surface area contributed by atoms with Gasteiger partial charge in [0.1, 0.15) is 5.69 Å². The summed E-state index contributed by atoms with van der Waals surface area (Å²) in [4.78, 5) is 15.7. The van der Waals surface area contributed by atoms with E-state index in [9.17, 15) is 9.18 Å². The lowest BCUT2D eigenvalue weighted by molar-refractivity contribution is 0.0981. The number of carbonyl (C=O) groups excluding carboxylic acids is 1. The fraction of sp³-hybridized carbons (Fsp3) is 0.308. The average molecular weight is 247 g/mol. The van der Waals surface area contributed by atoms with Crippen LogP contribution >= 0.6 is 0 Å². The molecule has 0 atom stereocenters. The van der Waals surface area contributed by atoms with E-state index in [0.717, 1.165) is 17.8 Å². The first kappa shape index (κ1) is 12.4. The molecule has 0 aromatic carbocycles. The summed E-state index contributed by atoms with van der Waals surface area (Å²) in [7, 11) is 1.77. The summed E-state index contributed by atoms with van der Waals surface area (Å²) in [5.41, 5.74) is 1.57. The number of aromatic nitrogens is 3. The van der Waals surface area contributed by atoms with Crippen LogP contribution in [0.1, 0.15) is 28.8 Å². The van der Waals surface area contributed by atoms with Gasteiger partial charge in [0.05, 0.1) is 12.1 Å². The molecule has 0 bridgehead atoms. The van der Waals surface area contributed by atoms with Crippen molar-refractivity contribution in [2.45, 2.75) is 19.8 Å². The molecule has 0 amide bonds. The zero-order valence-electron chi connectivity index (χ0n) is 10.4. The second-order valence-electron chi connectivity index (χ2n) is 4.04. The Kier molecular flexibility index (Phi) is 3.50. The molecule has 0 N–H and O–H groups in total. The number of Topliss-reactive ketones (excluding diaryl/α,β-unsaturated/α-hetero) is 1. The third-order valence-electron chi connectivity index (χ3n) is 2.75. The Hall–Kier alpha value is -2.04. The van der Waals surface area contributed by atoms with E-state index in [0.29, 0.717) is 0 Å². The van der Waals surface area contributed by atoms with Gasteiger partial charge in [-0.2, -0.15) is 5.10 Å². The van der Waals surface area contributed by atoms with Crippen LogP contribution in [0, 0.1) is 5.82 Å². The van der Waals surface area contributed by atoms with E-state index < -0.39 is 5.82 Å². The molecule has 2 rings (SSSR count). The zero-order chi connectivity index (χ0) is 13.1. The molecule has 2 aromatic heterocycles. The molecule has 2 aromatic rings. The van der Waals surface area contributed by atoms with Gasteiger partial charge in [0.25, 0.3) is 0 Å². The van der Waals surface area contributed by atoms with Crippen molar-refractivity contribution in [2.75, 3.05) is 0 Å². The van der Waals surface area contributed by atoms with Gasteiger partial charge < -0.3 is 0 Å². The molecular weight excluding hydrogens is 233 g/mol. The van der Waals surface area contributed by atoms with E-state index in [4.69, 9.17) is 0 Å². The summed E-state index contributed by atoms with van der Waals surface area (Å²) in [6, 6.07) is 4.56. The van der Waals surface area contributed by atoms with Gasteiger partial charge in [-0.15, -0.1) is 0 Å². The van der Waals surface area contributed by atoms with Crippen LogP contribution in [0.2, 0.25) is 0 Å². The zero-order valence-corrected chi connectivity index (χ0v) is 10.4. The minimum atomic E-state index is -0.583. The number of rotatable bonds is 4. The Morgan fingerprint density at radius 2 is 2.28 bits per heavy atom. The predicted molar refractivity (Wildman–Crippen MR) is 64.8 cm³/mol. The van der Waals surface area contributed by atoms with Gasteiger partial charge in [0.2, 0.25) is 0 Å². The summed E-state index contributed by atoms with van der Waals surface area (Å²) in [6.45, 7) is 1.99. The van der Waals surface area contributed by atoms with Gasteiger partial charge in [-0.1, -0.05) is 6.92 Å². The van der Waals surface area contributed by atoms with E-state index in [1.54, 1.807) is 11.7 Å². The van der Waals surface area contributed by atoms with Gasteiger partial charge in [-0.3, -0.25) is 14.5 Å². The Bertz CT molecular complexity index is 577. The maximum absolute atomic E-state index is 13.4. The van der Waals surface area contributed by atoms with Gasteiger partial charge in [-0.05, 0) is 24.6 Å². The number of carbonyl (C=O) groups is 1. The third-order valence-corrected chi connectivity index (χ3v) is 2.75. The molecule has 0 spiro atoms. The maximum atomic E-state index is 13.4. The van der Waals surface area contributed by atoms with Crippen LogP contribution in [0.15, 0.2) is 24.4 Å². The van der Waals surface area contributed by atoms with Crippen LogP contribution in [-0.2, 0) is 19.9 Å². The van der Waals surface area contributed by atoms with Gasteiger partial charge in [0.15, 0.2) is 11.6 Å². The first-order chi connectivity index (χ1) is 8.61. The molecular formula is C13H14FN3O. The number of hydrogen-bond acceptors (Lipinski definition) is 3. The van der Waals surface area contributed by atoms with Crippen molar-refractivity contribution >= 4 is 5.78 Å². The monoisotopic (exact) mass is 247 g/mol. The lowest BCUT2D eigenvalue weighted by Gasteiger charge is -2.01. The molecule has 2 heterocycles. The Morgan fingerprint density at radius 1 is 1.50 bits per heavy atom. The second-order valence-corrected chi connectivity index (χ2v) is 4.04. The molecule has 18 heavy (non-hydrogen) atoms. The summed E-state index contributed by atoms with van der Waals surface area (Å²) < 4.78 is 15.1. The van der Waals surface area contributed by atoms with Crippen LogP contribution in [0.25, 0.3) is 0 Å². The summed E-state index contributed by atoms with van der Waals surface area (Å²) in [6.07, 6.45) is 2.33. The molecule has 5 heteroatoms. The Morgan fingerprint density at radius 3 is 2.89 bits per heavy atom. The standard InChI is InChI=1S/C13H14FN3O/c1-3-9-7-10(17(2)16-9)8-12(18)13-11(14)5-4-6-15-13/h4-7H,3,8H2,1-2H3. The van der Waals surface area contributed by atoms with Crippen LogP contribution in [-0.4, -0.2) is 20.5 Å². The minimum Gasteiger partial charge on any atom is -0.292 e. The molecule has 0 saturated carbocycles. The van der Waals surface area contributed by atoms with Crippen molar-refractivity contribution < 1.29 is 9.18 Å². The van der Waals surface area contributed by atoms with Crippen LogP contribution in [0.3, 0.4) is 0 Å². The van der Waals surface area contributed by atoms with Gasteiger partial charge in [0, 0.05) is 18.9 Å². The first-order valence-corrected chi connectivity index (χ1v) is 5.77. The number of ketones is 1. The fourth-order valence-electron chi connectivity index (χ4n) is 1.75. The summed E-state index contributed by atoms with van der Waals surface area (Å²) in [5, 5.41) is 4.25. The van der Waals surface area contributed by atoms with Gasteiger partial charge >= 0.3 is 0 Å². The molecule has 4 nitrogen and oxygen atoms in total. The van der Waals surface area contributed by atoms with E-state index >= 15 is 0 Å². The number of pyridine rings is 1. The smallest absolute Gasteiger partial charge is 0.190 e. The van der Waals surface area contributed by atoms with Crippen LogP contribution in [0.4, 0.5) is 4.39 Å². The molecule has 94 valence electrons. The molecule has 0 unspecified atom stereocenters. The van der Waals surface area contributed by atoms with E-state index in [1.165, 1.54) is 18.3 Å². The number of hydrogen-bond donors (Lipinski definition) is 0. The highest BCUT2D eigenvalue weighted by atomic mass is 19.1. The normalized spacial score (nSPS) is 10.6. The maximum Gasteiger partial charge on any atom is 0.190 e. The van der Waals surface area contributed by atoms with Crippen LogP contribution in [0.5, 0.6) is 0 Å². The van der Waals surface area contributed by atoms with E-state index in [1.807, 2.05) is 13.0 Å². The molecule has 0 aliphatic rings. The molecule has 0 saturated heterocycles. The van der Waals surface area contributed by atoms with Crippen molar-refractivity contribution in [3.8, 4) is 0 Å². The average Bonchev–Trinajstić information content (AvgIpc) is 2.70. The lowest BCUT2D eigenvalue weighted by Crippen LogP contribution is -2.11. The highest BCUT2D eigenvalue weighted by Crippen LogP contribution is 2.10. The van der Waals surface area contributed by atoms with Crippen molar-refractivity contribution in [2.24, 2.45) is 7.05 Å². The molecule has 0 aliphatic heterocycles. The van der Waals surface area contributed by atoms with E-state index in [-0.39, 0.29) is 17.9 Å². The van der Waals surface area contributed by atoms with E-state index in [2.05, 4.69) is 10.1 Å². The molecule has 0 fully saturated rings. The third kappa shape index (κ3) is 2.45. The van der Waals surface area contributed by atoms with Gasteiger partial charge in [-0.25, -0.2) is 4.39 Å².